The average molecular weight is 415 g/mol. The summed E-state index contributed by atoms with van der Waals surface area (Å²) in [5, 5.41) is 4.50. The van der Waals surface area contributed by atoms with Crippen molar-refractivity contribution in [3.63, 3.8) is 0 Å². The summed E-state index contributed by atoms with van der Waals surface area (Å²) in [6, 6.07) is 22.6. The van der Waals surface area contributed by atoms with E-state index in [1.54, 1.807) is 30.3 Å². The first kappa shape index (κ1) is 21.1. The van der Waals surface area contributed by atoms with Crippen LogP contribution in [0.25, 0.3) is 0 Å². The summed E-state index contributed by atoms with van der Waals surface area (Å²) in [7, 11) is -3.24. The van der Waals surface area contributed by atoms with Gasteiger partial charge in [0.2, 0.25) is 7.29 Å². The number of nitrogens with one attached hydrogen (secondary N) is 1. The van der Waals surface area contributed by atoms with Gasteiger partial charge in [-0.15, -0.1) is 6.58 Å². The Balaban J connectivity index is 2.02. The Hall–Kier alpha value is -2.62. The quantitative estimate of drug-likeness (QED) is 0.388. The molecule has 0 aliphatic heterocycles. The maximum Gasteiger partial charge on any atom is 0.416 e. The summed E-state index contributed by atoms with van der Waals surface area (Å²) in [5.41, 5.74) is -0.0992. The van der Waals surface area contributed by atoms with Gasteiger partial charge in [-0.1, -0.05) is 54.6 Å². The number of hydrogen-bond donors (Lipinski definition) is 1. The lowest BCUT2D eigenvalue weighted by molar-refractivity contribution is -0.137. The van der Waals surface area contributed by atoms with Gasteiger partial charge in [-0.2, -0.15) is 13.2 Å². The molecule has 0 unspecified atom stereocenters. The minimum Gasteiger partial charge on any atom is -0.297 e. The minimum absolute atomic E-state index is 0.412. The lowest BCUT2D eigenvalue weighted by atomic mass is 10.0. The Morgan fingerprint density at radius 3 is 1.76 bits per heavy atom. The highest BCUT2D eigenvalue weighted by atomic mass is 31.2. The second-order valence-corrected chi connectivity index (χ2v) is 9.12. The highest BCUT2D eigenvalue weighted by molar-refractivity contribution is 7.76. The molecule has 0 bridgehead atoms. The molecule has 3 aromatic carbocycles. The fraction of sp³-hybridized carbons (Fsp3) is 0.130. The van der Waals surface area contributed by atoms with Crippen LogP contribution >= 0.6 is 7.29 Å². The van der Waals surface area contributed by atoms with E-state index < -0.39 is 25.1 Å². The molecular formula is C23H21F3NOP. The van der Waals surface area contributed by atoms with Crippen LogP contribution in [-0.4, -0.2) is 0 Å². The second-order valence-electron chi connectivity index (χ2n) is 6.61. The van der Waals surface area contributed by atoms with Gasteiger partial charge in [-0.3, -0.25) is 9.65 Å². The third-order valence-electron chi connectivity index (χ3n) is 4.62. The summed E-state index contributed by atoms with van der Waals surface area (Å²) in [6.45, 7) is 3.75. The predicted octanol–water partition coefficient (Wildman–Crippen LogP) is 5.84. The van der Waals surface area contributed by atoms with Crippen molar-refractivity contribution >= 4 is 17.9 Å². The molecule has 150 valence electrons. The van der Waals surface area contributed by atoms with Crippen molar-refractivity contribution in [3.05, 3.63) is 109 Å². The molecule has 0 saturated carbocycles. The lowest BCUT2D eigenvalue weighted by Gasteiger charge is -2.27. The highest BCUT2D eigenvalue weighted by Crippen LogP contribution is 2.42. The molecule has 3 aromatic rings. The number of halogens is 3. The van der Waals surface area contributed by atoms with Crippen molar-refractivity contribution in [1.29, 1.82) is 0 Å². The molecule has 0 amide bonds. The summed E-state index contributed by atoms with van der Waals surface area (Å²) >= 11 is 0. The number of benzene rings is 3. The monoisotopic (exact) mass is 415 g/mol. The van der Waals surface area contributed by atoms with Crippen LogP contribution in [0.1, 0.15) is 23.6 Å². The lowest BCUT2D eigenvalue weighted by Crippen LogP contribution is -2.30. The van der Waals surface area contributed by atoms with Crippen LogP contribution in [0.15, 0.2) is 97.6 Å². The van der Waals surface area contributed by atoms with Crippen LogP contribution in [-0.2, 0) is 10.7 Å². The van der Waals surface area contributed by atoms with Gasteiger partial charge in [0.05, 0.1) is 5.56 Å². The molecule has 6 heteroatoms. The highest BCUT2D eigenvalue weighted by Gasteiger charge is 2.32. The molecule has 3 rings (SSSR count). The second kappa shape index (κ2) is 8.81. The summed E-state index contributed by atoms with van der Waals surface area (Å²) < 4.78 is 52.9. The van der Waals surface area contributed by atoms with E-state index in [9.17, 15) is 17.7 Å². The van der Waals surface area contributed by atoms with E-state index in [0.717, 1.165) is 12.1 Å². The molecule has 1 atom stereocenters. The van der Waals surface area contributed by atoms with Crippen molar-refractivity contribution in [3.8, 4) is 0 Å². The summed E-state index contributed by atoms with van der Waals surface area (Å²) in [6.07, 6.45) is -2.33. The van der Waals surface area contributed by atoms with Gasteiger partial charge in [-0.25, -0.2) is 0 Å². The Morgan fingerprint density at radius 1 is 0.862 bits per heavy atom. The Bertz CT molecular complexity index is 943. The van der Waals surface area contributed by atoms with Gasteiger partial charge in [0.15, 0.2) is 0 Å². The molecule has 0 aliphatic rings. The van der Waals surface area contributed by atoms with Gasteiger partial charge in [0.25, 0.3) is 0 Å². The van der Waals surface area contributed by atoms with Crippen molar-refractivity contribution < 1.29 is 17.7 Å². The first-order chi connectivity index (χ1) is 13.8. The summed E-state index contributed by atoms with van der Waals surface area (Å²) in [4.78, 5) is 0. The van der Waals surface area contributed by atoms with E-state index >= 15 is 0 Å². The first-order valence-electron chi connectivity index (χ1n) is 9.12. The SMILES string of the molecule is C=CC[C@@H](NP(=O)(c1ccccc1)c1ccccc1)c1ccc(C(F)(F)F)cc1. The van der Waals surface area contributed by atoms with E-state index in [4.69, 9.17) is 0 Å². The van der Waals surface area contributed by atoms with E-state index in [2.05, 4.69) is 11.7 Å². The maximum atomic E-state index is 14.2. The fourth-order valence-electron chi connectivity index (χ4n) is 3.13. The zero-order chi connectivity index (χ0) is 20.9. The maximum absolute atomic E-state index is 14.2. The smallest absolute Gasteiger partial charge is 0.297 e. The van der Waals surface area contributed by atoms with Gasteiger partial charge < -0.3 is 0 Å². The van der Waals surface area contributed by atoms with Crippen LogP contribution in [0, 0.1) is 0 Å². The van der Waals surface area contributed by atoms with Crippen LogP contribution in [0.3, 0.4) is 0 Å². The van der Waals surface area contributed by atoms with Gasteiger partial charge in [0, 0.05) is 16.7 Å². The largest absolute Gasteiger partial charge is 0.416 e. The molecular weight excluding hydrogens is 394 g/mol. The van der Waals surface area contributed by atoms with Crippen molar-refractivity contribution in [2.24, 2.45) is 0 Å². The van der Waals surface area contributed by atoms with Gasteiger partial charge in [0.1, 0.15) is 0 Å². The average Bonchev–Trinajstić information content (AvgIpc) is 2.74. The Morgan fingerprint density at radius 2 is 1.34 bits per heavy atom. The zero-order valence-electron chi connectivity index (χ0n) is 15.6. The van der Waals surface area contributed by atoms with Crippen molar-refractivity contribution in [1.82, 2.24) is 5.09 Å². The fourth-order valence-corrected chi connectivity index (χ4v) is 5.60. The van der Waals surface area contributed by atoms with Crippen LogP contribution in [0.4, 0.5) is 13.2 Å². The Kier molecular flexibility index (Phi) is 6.41. The third-order valence-corrected chi connectivity index (χ3v) is 7.35. The zero-order valence-corrected chi connectivity index (χ0v) is 16.5. The molecule has 29 heavy (non-hydrogen) atoms. The first-order valence-corrected chi connectivity index (χ1v) is 10.8. The van der Waals surface area contributed by atoms with E-state index in [1.807, 2.05) is 36.4 Å². The van der Waals surface area contributed by atoms with Gasteiger partial charge >= 0.3 is 6.18 Å². The van der Waals surface area contributed by atoms with Crippen LogP contribution in [0.2, 0.25) is 0 Å². The number of alkyl halides is 3. The van der Waals surface area contributed by atoms with E-state index in [0.29, 0.717) is 22.6 Å². The molecule has 0 spiro atoms. The van der Waals surface area contributed by atoms with Crippen molar-refractivity contribution in [2.45, 2.75) is 18.6 Å². The summed E-state index contributed by atoms with van der Waals surface area (Å²) in [5.74, 6) is 0. The molecule has 0 aliphatic carbocycles. The molecule has 1 N–H and O–H groups in total. The molecule has 0 fully saturated rings. The minimum atomic E-state index is -4.40. The van der Waals surface area contributed by atoms with E-state index in [1.165, 1.54) is 12.1 Å². The van der Waals surface area contributed by atoms with Crippen LogP contribution < -0.4 is 15.7 Å². The molecule has 0 saturated heterocycles. The molecule has 0 aromatic heterocycles. The number of hydrogen-bond acceptors (Lipinski definition) is 1. The topological polar surface area (TPSA) is 29.1 Å². The normalized spacial score (nSPS) is 13.1. The molecule has 0 radical (unpaired) electrons. The Labute approximate surface area is 168 Å². The standard InChI is InChI=1S/C23H21F3NOP/c1-2-9-22(18-14-16-19(17-15-18)23(24,25)26)27-29(28,20-10-5-3-6-11-20)21-12-7-4-8-13-21/h2-8,10-17,22H,1,9H2,(H,27,28)/t22-/m1/s1. The molecule has 2 nitrogen and oxygen atoms in total. The molecule has 0 heterocycles. The van der Waals surface area contributed by atoms with Gasteiger partial charge in [-0.05, 0) is 48.4 Å². The third kappa shape index (κ3) is 4.87. The van der Waals surface area contributed by atoms with Crippen LogP contribution in [0.5, 0.6) is 0 Å². The predicted molar refractivity (Wildman–Crippen MR) is 112 cm³/mol. The van der Waals surface area contributed by atoms with Crippen molar-refractivity contribution in [2.75, 3.05) is 0 Å². The van der Waals surface area contributed by atoms with E-state index in [-0.39, 0.29) is 0 Å². The number of rotatable bonds is 7.